The lowest BCUT2D eigenvalue weighted by atomic mass is 9.98. The number of rotatable bonds is 4. The van der Waals surface area contributed by atoms with Crippen molar-refractivity contribution in [3.8, 4) is 0 Å². The van der Waals surface area contributed by atoms with E-state index in [1.54, 1.807) is 0 Å². The molecule has 0 aromatic rings. The Bertz CT molecular complexity index is 622. The van der Waals surface area contributed by atoms with Crippen LogP contribution < -0.4 is 0 Å². The lowest BCUT2D eigenvalue weighted by Crippen LogP contribution is -2.59. The number of fused-ring (bicyclic) bond motifs is 1. The summed E-state index contributed by atoms with van der Waals surface area (Å²) >= 11 is 1.45. The van der Waals surface area contributed by atoms with Crippen LogP contribution in [0.1, 0.15) is 27.2 Å². The summed E-state index contributed by atoms with van der Waals surface area (Å²) in [4.78, 5) is 41.2. The monoisotopic (exact) mass is 386 g/mol. The van der Waals surface area contributed by atoms with Gasteiger partial charge in [0.05, 0.1) is 0 Å². The summed E-state index contributed by atoms with van der Waals surface area (Å²) in [7, 11) is 0. The highest BCUT2D eigenvalue weighted by Crippen LogP contribution is 2.40. The smallest absolute Gasteiger partial charge is 0.303 e. The van der Waals surface area contributed by atoms with Gasteiger partial charge in [-0.15, -0.1) is 0 Å². The average molecular weight is 386 g/mol. The molecule has 26 heavy (non-hydrogen) atoms. The molecule has 0 radical (unpaired) electrons. The van der Waals surface area contributed by atoms with Gasteiger partial charge in [0.2, 0.25) is 0 Å². The minimum atomic E-state index is -0.905. The van der Waals surface area contributed by atoms with Gasteiger partial charge >= 0.3 is 17.9 Å². The molecule has 0 N–H and O–H groups in total. The lowest BCUT2D eigenvalue weighted by molar-refractivity contribution is -0.208. The highest BCUT2D eigenvalue weighted by Gasteiger charge is 2.53. The van der Waals surface area contributed by atoms with Crippen LogP contribution in [0.2, 0.25) is 0 Å². The van der Waals surface area contributed by atoms with Crippen molar-refractivity contribution in [2.75, 3.05) is 19.7 Å². The summed E-state index contributed by atoms with van der Waals surface area (Å²) in [6.45, 7) is 5.58. The minimum Gasteiger partial charge on any atom is -0.463 e. The molecule has 0 amide bonds. The van der Waals surface area contributed by atoms with Crippen molar-refractivity contribution >= 4 is 34.8 Å². The van der Waals surface area contributed by atoms with Crippen LogP contribution in [-0.2, 0) is 33.3 Å². The van der Waals surface area contributed by atoms with Gasteiger partial charge in [0.25, 0.3) is 0 Å². The summed E-state index contributed by atoms with van der Waals surface area (Å²) in [6.07, 6.45) is -1.35. The van der Waals surface area contributed by atoms with Gasteiger partial charge in [0.1, 0.15) is 24.2 Å². The maximum absolute atomic E-state index is 11.6. The molecule has 0 aromatic carbocycles. The second kappa shape index (κ2) is 7.83. The van der Waals surface area contributed by atoms with Crippen LogP contribution in [0.4, 0.5) is 0 Å². The molecule has 3 rings (SSSR count). The summed E-state index contributed by atoms with van der Waals surface area (Å²) in [6, 6.07) is -0.488. The molecule has 0 aliphatic carbocycles. The maximum atomic E-state index is 11.6. The second-order valence-corrected chi connectivity index (χ2v) is 7.42. The van der Waals surface area contributed by atoms with E-state index in [0.29, 0.717) is 0 Å². The standard InChI is InChI=1S/C16H22N2O7S/c1-8(19)22-7-11-13(23-9(2)20)14(24-10(3)21)12-15(25-11)26-16(17-12)18-5-4-6-18/h11-15H,4-7H2,1-3H3. The van der Waals surface area contributed by atoms with Gasteiger partial charge in [-0.2, -0.15) is 0 Å². The zero-order chi connectivity index (χ0) is 18.8. The van der Waals surface area contributed by atoms with Crippen LogP contribution in [0.25, 0.3) is 0 Å². The van der Waals surface area contributed by atoms with Gasteiger partial charge in [0, 0.05) is 33.9 Å². The van der Waals surface area contributed by atoms with Gasteiger partial charge in [-0.3, -0.25) is 19.4 Å². The van der Waals surface area contributed by atoms with E-state index in [4.69, 9.17) is 18.9 Å². The average Bonchev–Trinajstić information content (AvgIpc) is 2.88. The van der Waals surface area contributed by atoms with Crippen LogP contribution in [0.5, 0.6) is 0 Å². The molecule has 2 saturated heterocycles. The molecule has 9 nitrogen and oxygen atoms in total. The summed E-state index contributed by atoms with van der Waals surface area (Å²) in [5.74, 6) is -1.52. The van der Waals surface area contributed by atoms with E-state index in [9.17, 15) is 14.4 Å². The van der Waals surface area contributed by atoms with Crippen molar-refractivity contribution in [2.45, 2.75) is 57.0 Å². The number of aliphatic imine (C=N–C) groups is 1. The van der Waals surface area contributed by atoms with Crippen molar-refractivity contribution < 1.29 is 33.3 Å². The normalized spacial score (nSPS) is 32.8. The Labute approximate surface area is 155 Å². The number of hydrogen-bond acceptors (Lipinski definition) is 10. The third-order valence-electron chi connectivity index (χ3n) is 4.28. The molecular formula is C16H22N2O7S. The summed E-state index contributed by atoms with van der Waals surface area (Å²) in [5, 5.41) is 0.832. The van der Waals surface area contributed by atoms with E-state index >= 15 is 0 Å². The number of amidine groups is 1. The number of esters is 3. The lowest BCUT2D eigenvalue weighted by Gasteiger charge is -2.41. The van der Waals surface area contributed by atoms with E-state index in [1.807, 2.05) is 0 Å². The van der Waals surface area contributed by atoms with E-state index in [1.165, 1.54) is 32.5 Å². The molecular weight excluding hydrogens is 364 g/mol. The second-order valence-electron chi connectivity index (χ2n) is 6.35. The number of hydrogen-bond donors (Lipinski definition) is 0. The molecule has 0 spiro atoms. The number of carbonyl (C=O) groups excluding carboxylic acids is 3. The van der Waals surface area contributed by atoms with Gasteiger partial charge in [-0.05, 0) is 6.42 Å². The number of carbonyl (C=O) groups is 3. The van der Waals surface area contributed by atoms with E-state index in [-0.39, 0.29) is 6.61 Å². The number of thioether (sulfide) groups is 1. The summed E-state index contributed by atoms with van der Waals surface area (Å²) < 4.78 is 21.9. The van der Waals surface area contributed by atoms with Crippen molar-refractivity contribution in [2.24, 2.45) is 4.99 Å². The van der Waals surface area contributed by atoms with Crippen molar-refractivity contribution in [3.63, 3.8) is 0 Å². The van der Waals surface area contributed by atoms with Crippen LogP contribution in [0.15, 0.2) is 4.99 Å². The first-order valence-electron chi connectivity index (χ1n) is 8.48. The van der Waals surface area contributed by atoms with Gasteiger partial charge in [-0.25, -0.2) is 0 Å². The highest BCUT2D eigenvalue weighted by atomic mass is 32.2. The molecule has 3 aliphatic heterocycles. The predicted molar refractivity (Wildman–Crippen MR) is 91.4 cm³/mol. The third-order valence-corrected chi connectivity index (χ3v) is 5.47. The Morgan fingerprint density at radius 3 is 2.31 bits per heavy atom. The van der Waals surface area contributed by atoms with Crippen LogP contribution in [0.3, 0.4) is 0 Å². The first-order valence-corrected chi connectivity index (χ1v) is 9.36. The first-order chi connectivity index (χ1) is 12.3. The molecule has 144 valence electrons. The molecule has 0 aromatic heterocycles. The Morgan fingerprint density at radius 2 is 1.77 bits per heavy atom. The Morgan fingerprint density at radius 1 is 1.12 bits per heavy atom. The largest absolute Gasteiger partial charge is 0.463 e. The van der Waals surface area contributed by atoms with Crippen molar-refractivity contribution in [1.82, 2.24) is 4.90 Å². The first kappa shape index (κ1) is 19.0. The molecule has 0 saturated carbocycles. The molecule has 10 heteroatoms. The Kier molecular flexibility index (Phi) is 5.71. The van der Waals surface area contributed by atoms with Gasteiger partial charge < -0.3 is 23.8 Å². The van der Waals surface area contributed by atoms with E-state index < -0.39 is 47.7 Å². The van der Waals surface area contributed by atoms with Crippen molar-refractivity contribution in [3.05, 3.63) is 0 Å². The molecule has 0 bridgehead atoms. The number of nitrogens with zero attached hydrogens (tertiary/aromatic N) is 2. The fourth-order valence-electron chi connectivity index (χ4n) is 3.04. The number of ether oxygens (including phenoxy) is 4. The topological polar surface area (TPSA) is 104 Å². The fraction of sp³-hybridized carbons (Fsp3) is 0.750. The van der Waals surface area contributed by atoms with Crippen LogP contribution in [0, 0.1) is 0 Å². The van der Waals surface area contributed by atoms with Crippen molar-refractivity contribution in [1.29, 1.82) is 0 Å². The molecule has 5 unspecified atom stereocenters. The van der Waals surface area contributed by atoms with E-state index in [2.05, 4.69) is 9.89 Å². The quantitative estimate of drug-likeness (QED) is 0.499. The van der Waals surface area contributed by atoms with Crippen LogP contribution in [-0.4, -0.2) is 77.5 Å². The summed E-state index contributed by atoms with van der Waals surface area (Å²) in [5.41, 5.74) is -0.401. The number of likely N-dealkylation sites (tertiary alicyclic amines) is 1. The molecule has 3 aliphatic rings. The predicted octanol–water partition coefficient (Wildman–Crippen LogP) is 0.315. The Hall–Kier alpha value is -1.81. The zero-order valence-corrected chi connectivity index (χ0v) is 15.7. The SMILES string of the molecule is CC(=O)OCC1OC2SC(N3CCC3)=NC2C(OC(C)=O)C1OC(C)=O. The van der Waals surface area contributed by atoms with Gasteiger partial charge in [-0.1, -0.05) is 11.8 Å². The van der Waals surface area contributed by atoms with E-state index in [0.717, 1.165) is 24.7 Å². The fourth-order valence-corrected chi connectivity index (χ4v) is 4.32. The van der Waals surface area contributed by atoms with Gasteiger partial charge in [0.15, 0.2) is 17.4 Å². The maximum Gasteiger partial charge on any atom is 0.303 e. The van der Waals surface area contributed by atoms with Crippen LogP contribution >= 0.6 is 11.8 Å². The highest BCUT2D eigenvalue weighted by molar-refractivity contribution is 8.14. The minimum absolute atomic E-state index is 0.103. The third kappa shape index (κ3) is 4.12. The molecule has 2 fully saturated rings. The zero-order valence-electron chi connectivity index (χ0n) is 14.9. The Balaban J connectivity index is 1.84. The molecule has 3 heterocycles. The molecule has 5 atom stereocenters.